The summed E-state index contributed by atoms with van der Waals surface area (Å²) < 4.78 is 12.0. The van der Waals surface area contributed by atoms with Gasteiger partial charge >= 0.3 is 0 Å². The van der Waals surface area contributed by atoms with Crippen LogP contribution >= 0.6 is 11.6 Å². The molecule has 5 rings (SSSR count). The third kappa shape index (κ3) is 4.72. The quantitative estimate of drug-likeness (QED) is 0.592. The molecule has 1 saturated heterocycles. The molecular weight excluding hydrogens is 414 g/mol. The Hall–Kier alpha value is -2.51. The highest BCUT2D eigenvalue weighted by Crippen LogP contribution is 2.35. The zero-order chi connectivity index (χ0) is 21.0. The molecule has 0 N–H and O–H groups in total. The molecule has 3 aromatic rings. The minimum Gasteiger partial charge on any atom is -0.488 e. The lowest BCUT2D eigenvalue weighted by molar-refractivity contribution is 0.122. The van der Waals surface area contributed by atoms with Crippen molar-refractivity contribution >= 4 is 28.3 Å². The Balaban J connectivity index is 1.28. The van der Waals surface area contributed by atoms with Gasteiger partial charge in [-0.25, -0.2) is 15.0 Å². The van der Waals surface area contributed by atoms with E-state index in [9.17, 15) is 0 Å². The van der Waals surface area contributed by atoms with Crippen LogP contribution in [0, 0.1) is 5.92 Å². The molecule has 0 unspecified atom stereocenters. The van der Waals surface area contributed by atoms with Crippen LogP contribution in [0.5, 0.6) is 5.75 Å². The van der Waals surface area contributed by atoms with Crippen molar-refractivity contribution in [2.45, 2.75) is 38.2 Å². The summed E-state index contributed by atoms with van der Waals surface area (Å²) >= 11 is 6.24. The molecular formula is C23H26ClN5O2. The fourth-order valence-corrected chi connectivity index (χ4v) is 4.70. The molecule has 0 bridgehead atoms. The Kier molecular flexibility index (Phi) is 6.13. The van der Waals surface area contributed by atoms with E-state index in [1.807, 2.05) is 0 Å². The molecule has 2 aromatic heterocycles. The number of benzene rings is 1. The third-order valence-electron chi connectivity index (χ3n) is 6.21. The van der Waals surface area contributed by atoms with E-state index >= 15 is 0 Å². The number of aromatic nitrogens is 4. The molecule has 2 aliphatic rings. The minimum atomic E-state index is 0.183. The third-order valence-corrected chi connectivity index (χ3v) is 6.53. The van der Waals surface area contributed by atoms with Crippen LogP contribution in [-0.2, 0) is 11.2 Å². The van der Waals surface area contributed by atoms with Crippen molar-refractivity contribution in [3.05, 3.63) is 47.8 Å². The standard InChI is InChI=1S/C23H26ClN5O2/c24-19-14-25-15-28-20(19)11-16-1-3-18(4-2-16)31-22-13-17(29-7-9-30-10-8-29)12-21-23(22)27-6-5-26-21/h5-6,12-16,18H,1-4,7-11H2. The smallest absolute Gasteiger partial charge is 0.149 e. The van der Waals surface area contributed by atoms with Gasteiger partial charge < -0.3 is 14.4 Å². The minimum absolute atomic E-state index is 0.183. The van der Waals surface area contributed by atoms with Gasteiger partial charge in [0.25, 0.3) is 0 Å². The van der Waals surface area contributed by atoms with Gasteiger partial charge in [0.1, 0.15) is 17.6 Å². The maximum Gasteiger partial charge on any atom is 0.149 e. The Morgan fingerprint density at radius 2 is 1.84 bits per heavy atom. The van der Waals surface area contributed by atoms with E-state index < -0.39 is 0 Å². The maximum absolute atomic E-state index is 6.51. The van der Waals surface area contributed by atoms with E-state index in [0.717, 1.165) is 86.6 Å². The summed E-state index contributed by atoms with van der Waals surface area (Å²) in [5.41, 5.74) is 3.77. The van der Waals surface area contributed by atoms with Crippen LogP contribution in [0.25, 0.3) is 11.0 Å². The molecule has 3 heterocycles. The summed E-state index contributed by atoms with van der Waals surface area (Å²) in [6.07, 6.45) is 12.0. The average Bonchev–Trinajstić information content (AvgIpc) is 2.82. The second kappa shape index (κ2) is 9.32. The number of halogens is 1. The van der Waals surface area contributed by atoms with Gasteiger partial charge in [-0.3, -0.25) is 4.98 Å². The molecule has 0 amide bonds. The van der Waals surface area contributed by atoms with Gasteiger partial charge in [0.2, 0.25) is 0 Å². The number of rotatable bonds is 5. The monoisotopic (exact) mass is 439 g/mol. The van der Waals surface area contributed by atoms with Gasteiger partial charge in [0.05, 0.1) is 35.6 Å². The van der Waals surface area contributed by atoms with Crippen molar-refractivity contribution in [1.82, 2.24) is 19.9 Å². The number of hydrogen-bond donors (Lipinski definition) is 0. The molecule has 0 radical (unpaired) electrons. The molecule has 2 fully saturated rings. The van der Waals surface area contributed by atoms with Crippen molar-refractivity contribution in [2.24, 2.45) is 5.92 Å². The van der Waals surface area contributed by atoms with Crippen molar-refractivity contribution in [3.8, 4) is 5.75 Å². The summed E-state index contributed by atoms with van der Waals surface area (Å²) in [5.74, 6) is 1.40. The largest absolute Gasteiger partial charge is 0.488 e. The molecule has 1 aliphatic heterocycles. The number of ether oxygens (including phenoxy) is 2. The molecule has 0 atom stereocenters. The fourth-order valence-electron chi connectivity index (χ4n) is 4.52. The zero-order valence-corrected chi connectivity index (χ0v) is 18.2. The zero-order valence-electron chi connectivity index (χ0n) is 17.4. The van der Waals surface area contributed by atoms with Crippen molar-refractivity contribution in [3.63, 3.8) is 0 Å². The molecule has 1 aromatic carbocycles. The van der Waals surface area contributed by atoms with E-state index in [2.05, 4.69) is 37.0 Å². The van der Waals surface area contributed by atoms with Gasteiger partial charge in [-0.05, 0) is 44.1 Å². The van der Waals surface area contributed by atoms with E-state index in [1.165, 1.54) is 0 Å². The molecule has 8 heteroatoms. The van der Waals surface area contributed by atoms with Crippen LogP contribution in [0.2, 0.25) is 5.02 Å². The Bertz CT molecular complexity index is 1040. The highest BCUT2D eigenvalue weighted by Gasteiger charge is 2.25. The second-order valence-electron chi connectivity index (χ2n) is 8.25. The molecule has 162 valence electrons. The van der Waals surface area contributed by atoms with Gasteiger partial charge in [-0.1, -0.05) is 11.6 Å². The van der Waals surface area contributed by atoms with Crippen molar-refractivity contribution in [2.75, 3.05) is 31.2 Å². The van der Waals surface area contributed by atoms with Crippen molar-refractivity contribution < 1.29 is 9.47 Å². The lowest BCUT2D eigenvalue weighted by Gasteiger charge is -2.31. The predicted molar refractivity (Wildman–Crippen MR) is 120 cm³/mol. The normalized spacial score (nSPS) is 21.9. The van der Waals surface area contributed by atoms with E-state index in [1.54, 1.807) is 24.9 Å². The van der Waals surface area contributed by atoms with Crippen LogP contribution in [0.4, 0.5) is 5.69 Å². The van der Waals surface area contributed by atoms with E-state index in [0.29, 0.717) is 10.9 Å². The molecule has 31 heavy (non-hydrogen) atoms. The molecule has 1 aliphatic carbocycles. The van der Waals surface area contributed by atoms with E-state index in [-0.39, 0.29) is 6.10 Å². The highest BCUT2D eigenvalue weighted by atomic mass is 35.5. The fraction of sp³-hybridized carbons (Fsp3) is 0.478. The Labute approximate surface area is 186 Å². The first-order chi connectivity index (χ1) is 15.3. The summed E-state index contributed by atoms with van der Waals surface area (Å²) in [6, 6.07) is 4.22. The summed E-state index contributed by atoms with van der Waals surface area (Å²) in [7, 11) is 0. The number of hydrogen-bond acceptors (Lipinski definition) is 7. The predicted octanol–water partition coefficient (Wildman–Crippen LogP) is 4.09. The number of anilines is 1. The SMILES string of the molecule is Clc1cncnc1CC1CCC(Oc2cc(N3CCOCC3)cc3nccnc23)CC1. The number of fused-ring (bicyclic) bond motifs is 1. The lowest BCUT2D eigenvalue weighted by Crippen LogP contribution is -2.36. The molecule has 0 spiro atoms. The maximum atomic E-state index is 6.51. The van der Waals surface area contributed by atoms with Crippen LogP contribution in [-0.4, -0.2) is 52.3 Å². The first-order valence-corrected chi connectivity index (χ1v) is 11.3. The lowest BCUT2D eigenvalue weighted by atomic mass is 9.84. The number of morpholine rings is 1. The van der Waals surface area contributed by atoms with Crippen molar-refractivity contribution in [1.29, 1.82) is 0 Å². The highest BCUT2D eigenvalue weighted by molar-refractivity contribution is 6.31. The average molecular weight is 440 g/mol. The van der Waals surface area contributed by atoms with Crippen LogP contribution in [0.15, 0.2) is 37.1 Å². The van der Waals surface area contributed by atoms with Gasteiger partial charge in [0.15, 0.2) is 0 Å². The van der Waals surface area contributed by atoms with Crippen LogP contribution in [0.1, 0.15) is 31.4 Å². The van der Waals surface area contributed by atoms with E-state index in [4.69, 9.17) is 21.1 Å². The summed E-state index contributed by atoms with van der Waals surface area (Å²) in [6.45, 7) is 3.24. The van der Waals surface area contributed by atoms with Gasteiger partial charge in [-0.2, -0.15) is 0 Å². The van der Waals surface area contributed by atoms with Crippen LogP contribution < -0.4 is 9.64 Å². The first kappa shape index (κ1) is 20.4. The molecule has 7 nitrogen and oxygen atoms in total. The van der Waals surface area contributed by atoms with Crippen LogP contribution in [0.3, 0.4) is 0 Å². The topological polar surface area (TPSA) is 73.3 Å². The first-order valence-electron chi connectivity index (χ1n) is 10.9. The summed E-state index contributed by atoms with van der Waals surface area (Å²) in [4.78, 5) is 19.7. The summed E-state index contributed by atoms with van der Waals surface area (Å²) in [5, 5.41) is 0.658. The van der Waals surface area contributed by atoms with Gasteiger partial charge in [-0.15, -0.1) is 0 Å². The Morgan fingerprint density at radius 3 is 2.65 bits per heavy atom. The Morgan fingerprint density at radius 1 is 1.03 bits per heavy atom. The molecule has 1 saturated carbocycles. The second-order valence-corrected chi connectivity index (χ2v) is 8.66. The number of nitrogens with zero attached hydrogens (tertiary/aromatic N) is 5. The van der Waals surface area contributed by atoms with Gasteiger partial charge in [0, 0.05) is 43.4 Å².